The lowest BCUT2D eigenvalue weighted by molar-refractivity contribution is -0.143. The fraction of sp³-hybridized carbons (Fsp3) is 0.889. The Labute approximate surface area is 71.9 Å². The van der Waals surface area contributed by atoms with Crippen LogP contribution in [0.25, 0.3) is 0 Å². The van der Waals surface area contributed by atoms with E-state index in [1.165, 1.54) is 0 Å². The molecule has 0 saturated heterocycles. The van der Waals surface area contributed by atoms with Gasteiger partial charge in [0, 0.05) is 0 Å². The van der Waals surface area contributed by atoms with Crippen molar-refractivity contribution in [2.75, 3.05) is 6.54 Å². The highest BCUT2D eigenvalue weighted by molar-refractivity contribution is 5.71. The molecule has 2 aliphatic carbocycles. The van der Waals surface area contributed by atoms with Crippen LogP contribution in [0, 0.1) is 23.7 Å². The fourth-order valence-electron chi connectivity index (χ4n) is 2.99. The summed E-state index contributed by atoms with van der Waals surface area (Å²) >= 11 is 0. The Bertz CT molecular complexity index is 205. The molecule has 0 aromatic heterocycles. The van der Waals surface area contributed by atoms with Crippen LogP contribution in [0.15, 0.2) is 0 Å². The van der Waals surface area contributed by atoms with Gasteiger partial charge in [0.1, 0.15) is 0 Å². The normalized spacial score (nSPS) is 45.1. The molecule has 2 rings (SSSR count). The molecule has 4 unspecified atom stereocenters. The van der Waals surface area contributed by atoms with Gasteiger partial charge in [-0.15, -0.1) is 0 Å². The highest BCUT2D eigenvalue weighted by Crippen LogP contribution is 2.51. The van der Waals surface area contributed by atoms with E-state index < -0.39 is 5.97 Å². The van der Waals surface area contributed by atoms with Crippen LogP contribution < -0.4 is 5.73 Å². The number of rotatable bonds is 2. The maximum Gasteiger partial charge on any atom is 0.306 e. The Morgan fingerprint density at radius 1 is 1.33 bits per heavy atom. The molecule has 2 fully saturated rings. The average molecular weight is 169 g/mol. The third-order valence-corrected chi connectivity index (χ3v) is 3.62. The molecule has 0 aromatic rings. The van der Waals surface area contributed by atoms with Gasteiger partial charge in [-0.3, -0.25) is 4.79 Å². The van der Waals surface area contributed by atoms with Crippen LogP contribution in [0.4, 0.5) is 0 Å². The van der Waals surface area contributed by atoms with Crippen LogP contribution in [0.5, 0.6) is 0 Å². The summed E-state index contributed by atoms with van der Waals surface area (Å²) in [4.78, 5) is 10.8. The Kier molecular flexibility index (Phi) is 1.83. The minimum atomic E-state index is -0.599. The molecular weight excluding hydrogens is 154 g/mol. The summed E-state index contributed by atoms with van der Waals surface area (Å²) in [5, 5.41) is 8.86. The van der Waals surface area contributed by atoms with Gasteiger partial charge in [-0.2, -0.15) is 0 Å². The van der Waals surface area contributed by atoms with Gasteiger partial charge in [0.2, 0.25) is 0 Å². The molecule has 0 heterocycles. The van der Waals surface area contributed by atoms with Crippen molar-refractivity contribution in [2.45, 2.75) is 19.3 Å². The third kappa shape index (κ3) is 1.04. The van der Waals surface area contributed by atoms with Crippen molar-refractivity contribution < 1.29 is 9.90 Å². The van der Waals surface area contributed by atoms with Crippen molar-refractivity contribution in [1.82, 2.24) is 0 Å². The molecule has 0 spiro atoms. The van der Waals surface area contributed by atoms with Crippen molar-refractivity contribution in [3.05, 3.63) is 0 Å². The SMILES string of the molecule is NCC1CC2CC1CC2C(=O)O. The summed E-state index contributed by atoms with van der Waals surface area (Å²) in [7, 11) is 0. The summed E-state index contributed by atoms with van der Waals surface area (Å²) in [6.07, 6.45) is 3.04. The van der Waals surface area contributed by atoms with E-state index in [-0.39, 0.29) is 5.92 Å². The zero-order valence-corrected chi connectivity index (χ0v) is 7.07. The second-order valence-corrected chi connectivity index (χ2v) is 4.17. The number of carbonyl (C=O) groups is 1. The smallest absolute Gasteiger partial charge is 0.306 e. The van der Waals surface area contributed by atoms with Crippen LogP contribution >= 0.6 is 0 Å². The van der Waals surface area contributed by atoms with Crippen molar-refractivity contribution in [3.8, 4) is 0 Å². The monoisotopic (exact) mass is 169 g/mol. The van der Waals surface area contributed by atoms with Crippen LogP contribution in [-0.2, 0) is 4.79 Å². The van der Waals surface area contributed by atoms with E-state index in [1.54, 1.807) is 0 Å². The number of aliphatic carboxylic acids is 1. The van der Waals surface area contributed by atoms with Gasteiger partial charge >= 0.3 is 5.97 Å². The minimum absolute atomic E-state index is 0.0576. The summed E-state index contributed by atoms with van der Waals surface area (Å²) in [5.74, 6) is 1.00. The van der Waals surface area contributed by atoms with E-state index >= 15 is 0 Å². The minimum Gasteiger partial charge on any atom is -0.481 e. The van der Waals surface area contributed by atoms with Gasteiger partial charge in [0.15, 0.2) is 0 Å². The number of hydrogen-bond donors (Lipinski definition) is 2. The highest BCUT2D eigenvalue weighted by atomic mass is 16.4. The second kappa shape index (κ2) is 2.73. The van der Waals surface area contributed by atoms with Crippen molar-refractivity contribution in [3.63, 3.8) is 0 Å². The van der Waals surface area contributed by atoms with Gasteiger partial charge in [-0.05, 0) is 43.6 Å². The molecule has 3 heteroatoms. The van der Waals surface area contributed by atoms with Crippen LogP contribution in [0.2, 0.25) is 0 Å². The first-order valence-electron chi connectivity index (χ1n) is 4.65. The van der Waals surface area contributed by atoms with Crippen molar-refractivity contribution >= 4 is 5.97 Å². The van der Waals surface area contributed by atoms with Crippen LogP contribution in [0.3, 0.4) is 0 Å². The second-order valence-electron chi connectivity index (χ2n) is 4.17. The largest absolute Gasteiger partial charge is 0.481 e. The number of carboxylic acid groups (broad SMARTS) is 1. The molecule has 2 bridgehead atoms. The molecule has 3 N–H and O–H groups in total. The lowest BCUT2D eigenvalue weighted by Crippen LogP contribution is -2.27. The Morgan fingerprint density at radius 2 is 2.08 bits per heavy atom. The molecule has 4 atom stereocenters. The summed E-state index contributed by atoms with van der Waals surface area (Å²) < 4.78 is 0. The van der Waals surface area contributed by atoms with E-state index in [0.29, 0.717) is 17.8 Å². The molecule has 3 nitrogen and oxygen atoms in total. The molecule has 0 aromatic carbocycles. The molecule has 2 aliphatic rings. The predicted octanol–water partition coefficient (Wildman–Crippen LogP) is 0.692. The third-order valence-electron chi connectivity index (χ3n) is 3.62. The number of carboxylic acids is 1. The van der Waals surface area contributed by atoms with Gasteiger partial charge in [-0.1, -0.05) is 0 Å². The summed E-state index contributed by atoms with van der Waals surface area (Å²) in [5.41, 5.74) is 5.59. The molecule has 0 aliphatic heterocycles. The van der Waals surface area contributed by atoms with Gasteiger partial charge in [-0.25, -0.2) is 0 Å². The molecular formula is C9H15NO2. The number of nitrogens with two attached hydrogens (primary N) is 1. The zero-order valence-electron chi connectivity index (χ0n) is 7.07. The molecule has 12 heavy (non-hydrogen) atoms. The van der Waals surface area contributed by atoms with Crippen LogP contribution in [-0.4, -0.2) is 17.6 Å². The lowest BCUT2D eigenvalue weighted by Gasteiger charge is -2.23. The van der Waals surface area contributed by atoms with E-state index in [9.17, 15) is 4.79 Å². The van der Waals surface area contributed by atoms with Crippen molar-refractivity contribution in [2.24, 2.45) is 29.4 Å². The Morgan fingerprint density at radius 3 is 2.50 bits per heavy atom. The van der Waals surface area contributed by atoms with Crippen LogP contribution in [0.1, 0.15) is 19.3 Å². The highest BCUT2D eigenvalue weighted by Gasteiger charge is 2.47. The quantitative estimate of drug-likeness (QED) is 0.639. The maximum atomic E-state index is 10.8. The zero-order chi connectivity index (χ0) is 8.72. The first kappa shape index (κ1) is 8.05. The molecule has 2 saturated carbocycles. The predicted molar refractivity (Wildman–Crippen MR) is 44.5 cm³/mol. The van der Waals surface area contributed by atoms with Gasteiger partial charge in [0.05, 0.1) is 5.92 Å². The first-order valence-corrected chi connectivity index (χ1v) is 4.65. The van der Waals surface area contributed by atoms with Gasteiger partial charge in [0.25, 0.3) is 0 Å². The average Bonchev–Trinajstić information content (AvgIpc) is 2.60. The molecule has 68 valence electrons. The molecule has 0 radical (unpaired) electrons. The number of fused-ring (bicyclic) bond motifs is 2. The summed E-state index contributed by atoms with van der Waals surface area (Å²) in [6, 6.07) is 0. The fourth-order valence-corrected chi connectivity index (χ4v) is 2.99. The van der Waals surface area contributed by atoms with E-state index in [2.05, 4.69) is 0 Å². The van der Waals surface area contributed by atoms with E-state index in [4.69, 9.17) is 10.8 Å². The summed E-state index contributed by atoms with van der Waals surface area (Å²) in [6.45, 7) is 0.744. The Hall–Kier alpha value is -0.570. The first-order chi connectivity index (χ1) is 5.72. The molecule has 0 amide bonds. The van der Waals surface area contributed by atoms with E-state index in [0.717, 1.165) is 25.8 Å². The van der Waals surface area contributed by atoms with Gasteiger partial charge < -0.3 is 10.8 Å². The lowest BCUT2D eigenvalue weighted by atomic mass is 9.82. The topological polar surface area (TPSA) is 63.3 Å². The number of hydrogen-bond acceptors (Lipinski definition) is 2. The standard InChI is InChI=1S/C9H15NO2/c10-4-7-2-6-1-5(7)3-8(6)9(11)12/h5-8H,1-4,10H2,(H,11,12). The van der Waals surface area contributed by atoms with Crippen molar-refractivity contribution in [1.29, 1.82) is 0 Å². The maximum absolute atomic E-state index is 10.8. The van der Waals surface area contributed by atoms with E-state index in [1.807, 2.05) is 0 Å². The Balaban J connectivity index is 2.03.